The van der Waals surface area contributed by atoms with Gasteiger partial charge in [-0.25, -0.2) is 0 Å². The second-order valence-electron chi connectivity index (χ2n) is 6.44. The summed E-state index contributed by atoms with van der Waals surface area (Å²) >= 11 is 0. The first-order valence-electron chi connectivity index (χ1n) is 8.52. The Bertz CT molecular complexity index is 536. The van der Waals surface area contributed by atoms with Crippen LogP contribution in [0.4, 0.5) is 0 Å². The highest BCUT2D eigenvalue weighted by atomic mass is 16.1. The van der Waals surface area contributed by atoms with E-state index < -0.39 is 0 Å². The second-order valence-corrected chi connectivity index (χ2v) is 6.44. The summed E-state index contributed by atoms with van der Waals surface area (Å²) in [4.78, 5) is 23.0. The molecule has 0 fully saturated rings. The Kier molecular flexibility index (Phi) is 6.17. The molecule has 1 unspecified atom stereocenters. The quantitative estimate of drug-likeness (QED) is 0.800. The summed E-state index contributed by atoms with van der Waals surface area (Å²) < 4.78 is 0. The van der Waals surface area contributed by atoms with Gasteiger partial charge in [0.1, 0.15) is 5.78 Å². The Balaban J connectivity index is 1.85. The van der Waals surface area contributed by atoms with Gasteiger partial charge in [-0.1, -0.05) is 31.5 Å². The Hall–Kier alpha value is -1.64. The zero-order chi connectivity index (χ0) is 15.9. The third-order valence-corrected chi connectivity index (χ3v) is 4.63. The van der Waals surface area contributed by atoms with Crippen LogP contribution in [0.3, 0.4) is 0 Å². The predicted octanol–water partition coefficient (Wildman–Crippen LogP) is 3.36. The number of fused-ring (bicyclic) bond motifs is 1. The van der Waals surface area contributed by atoms with E-state index in [1.807, 2.05) is 0 Å². The van der Waals surface area contributed by atoms with Crippen molar-refractivity contribution in [2.24, 2.45) is 11.7 Å². The number of Topliss-reactive ketones (excluding diaryl/α,β-unsaturated/α-hetero) is 1. The van der Waals surface area contributed by atoms with Crippen molar-refractivity contribution in [1.29, 1.82) is 0 Å². The molecule has 1 amide bonds. The Morgan fingerprint density at radius 3 is 2.68 bits per heavy atom. The number of carbonyl (C=O) groups excluding carboxylic acids is 2. The standard InChI is InChI=1S/C19H27NO2/c1-2-3-6-18(21)7-4-5-14-8-9-16-13-17(19(20)22)11-10-15(16)12-14/h8-9,12,17H,2-7,10-11,13H2,1H3,(H2,20,22). The van der Waals surface area contributed by atoms with E-state index in [1.54, 1.807) is 0 Å². The fourth-order valence-electron chi connectivity index (χ4n) is 3.20. The SMILES string of the molecule is CCCCC(=O)CCCc1ccc2c(c1)CCC(C(N)=O)C2. The van der Waals surface area contributed by atoms with Crippen molar-refractivity contribution in [2.45, 2.75) is 64.7 Å². The number of aryl methyl sites for hydroxylation is 2. The minimum Gasteiger partial charge on any atom is -0.369 e. The van der Waals surface area contributed by atoms with Gasteiger partial charge in [-0.05, 0) is 55.2 Å². The highest BCUT2D eigenvalue weighted by molar-refractivity contribution is 5.78. The molecule has 0 aliphatic heterocycles. The van der Waals surface area contributed by atoms with Crippen LogP contribution in [0, 0.1) is 5.92 Å². The van der Waals surface area contributed by atoms with Crippen LogP contribution in [0.5, 0.6) is 0 Å². The Morgan fingerprint density at radius 1 is 1.18 bits per heavy atom. The summed E-state index contributed by atoms with van der Waals surface area (Å²) in [7, 11) is 0. The van der Waals surface area contributed by atoms with Gasteiger partial charge in [0.15, 0.2) is 0 Å². The highest BCUT2D eigenvalue weighted by Gasteiger charge is 2.22. The zero-order valence-corrected chi connectivity index (χ0v) is 13.6. The van der Waals surface area contributed by atoms with E-state index in [9.17, 15) is 9.59 Å². The molecule has 0 saturated carbocycles. The summed E-state index contributed by atoms with van der Waals surface area (Å²) in [5.74, 6) is 0.207. The predicted molar refractivity (Wildman–Crippen MR) is 88.6 cm³/mol. The number of primary amides is 1. The lowest BCUT2D eigenvalue weighted by molar-refractivity contribution is -0.122. The van der Waals surface area contributed by atoms with Crippen LogP contribution < -0.4 is 5.73 Å². The molecule has 0 saturated heterocycles. The molecule has 1 aliphatic rings. The Labute approximate surface area is 133 Å². The number of benzene rings is 1. The van der Waals surface area contributed by atoms with Crippen molar-refractivity contribution in [3.8, 4) is 0 Å². The van der Waals surface area contributed by atoms with Crippen molar-refractivity contribution in [3.05, 3.63) is 34.9 Å². The molecule has 1 aliphatic carbocycles. The summed E-state index contributed by atoms with van der Waals surface area (Å²) in [6, 6.07) is 6.53. The van der Waals surface area contributed by atoms with E-state index in [1.165, 1.54) is 16.7 Å². The normalized spacial score (nSPS) is 17.0. The van der Waals surface area contributed by atoms with E-state index in [2.05, 4.69) is 25.1 Å². The molecule has 1 atom stereocenters. The molecule has 22 heavy (non-hydrogen) atoms. The molecule has 2 N–H and O–H groups in total. The molecule has 3 nitrogen and oxygen atoms in total. The first-order valence-corrected chi connectivity index (χ1v) is 8.52. The van der Waals surface area contributed by atoms with E-state index in [0.717, 1.165) is 51.4 Å². The van der Waals surface area contributed by atoms with E-state index >= 15 is 0 Å². The van der Waals surface area contributed by atoms with Gasteiger partial charge in [-0.2, -0.15) is 0 Å². The molecule has 3 heteroatoms. The van der Waals surface area contributed by atoms with Crippen molar-refractivity contribution in [3.63, 3.8) is 0 Å². The first kappa shape index (κ1) is 16.7. The number of hydrogen-bond donors (Lipinski definition) is 1. The third-order valence-electron chi connectivity index (χ3n) is 4.63. The lowest BCUT2D eigenvalue weighted by Gasteiger charge is -2.22. The van der Waals surface area contributed by atoms with Crippen LogP contribution in [-0.2, 0) is 28.9 Å². The van der Waals surface area contributed by atoms with Crippen LogP contribution in [-0.4, -0.2) is 11.7 Å². The maximum absolute atomic E-state index is 11.7. The number of unbranched alkanes of at least 4 members (excludes halogenated alkanes) is 1. The summed E-state index contributed by atoms with van der Waals surface area (Å²) in [5, 5.41) is 0. The largest absolute Gasteiger partial charge is 0.369 e. The maximum atomic E-state index is 11.7. The van der Waals surface area contributed by atoms with Crippen LogP contribution in [0.25, 0.3) is 0 Å². The molecule has 2 rings (SSSR count). The summed E-state index contributed by atoms with van der Waals surface area (Å²) in [6.07, 6.45) is 8.00. The topological polar surface area (TPSA) is 60.2 Å². The van der Waals surface area contributed by atoms with Gasteiger partial charge >= 0.3 is 0 Å². The van der Waals surface area contributed by atoms with Gasteiger partial charge in [0.25, 0.3) is 0 Å². The van der Waals surface area contributed by atoms with E-state index in [4.69, 9.17) is 5.73 Å². The van der Waals surface area contributed by atoms with Crippen molar-refractivity contribution >= 4 is 11.7 Å². The molecular formula is C19H27NO2. The van der Waals surface area contributed by atoms with Gasteiger partial charge in [0.2, 0.25) is 5.91 Å². The minimum absolute atomic E-state index is 0.00506. The van der Waals surface area contributed by atoms with Crippen LogP contribution in [0.15, 0.2) is 18.2 Å². The van der Waals surface area contributed by atoms with Crippen LogP contribution in [0.1, 0.15) is 62.1 Å². The fraction of sp³-hybridized carbons (Fsp3) is 0.579. The molecule has 0 spiro atoms. The fourth-order valence-corrected chi connectivity index (χ4v) is 3.20. The van der Waals surface area contributed by atoms with Crippen molar-refractivity contribution in [2.75, 3.05) is 0 Å². The average Bonchev–Trinajstić information content (AvgIpc) is 2.52. The molecule has 0 radical (unpaired) electrons. The van der Waals surface area contributed by atoms with Gasteiger partial charge in [-0.15, -0.1) is 0 Å². The van der Waals surface area contributed by atoms with Gasteiger partial charge in [-0.3, -0.25) is 9.59 Å². The number of nitrogens with two attached hydrogens (primary N) is 1. The number of amides is 1. The lowest BCUT2D eigenvalue weighted by atomic mass is 9.82. The maximum Gasteiger partial charge on any atom is 0.220 e. The molecule has 0 aromatic heterocycles. The first-order chi connectivity index (χ1) is 10.6. The second kappa shape index (κ2) is 8.11. The number of carbonyl (C=O) groups is 2. The van der Waals surface area contributed by atoms with Crippen molar-refractivity contribution < 1.29 is 9.59 Å². The zero-order valence-electron chi connectivity index (χ0n) is 13.6. The van der Waals surface area contributed by atoms with Crippen LogP contribution in [0.2, 0.25) is 0 Å². The van der Waals surface area contributed by atoms with Gasteiger partial charge < -0.3 is 5.73 Å². The monoisotopic (exact) mass is 301 g/mol. The van der Waals surface area contributed by atoms with Crippen LogP contribution >= 0.6 is 0 Å². The lowest BCUT2D eigenvalue weighted by Crippen LogP contribution is -2.28. The average molecular weight is 301 g/mol. The summed E-state index contributed by atoms with van der Waals surface area (Å²) in [5.41, 5.74) is 9.33. The molecule has 1 aromatic rings. The number of hydrogen-bond acceptors (Lipinski definition) is 2. The molecular weight excluding hydrogens is 274 g/mol. The summed E-state index contributed by atoms with van der Waals surface area (Å²) in [6.45, 7) is 2.11. The minimum atomic E-state index is -0.180. The molecule has 0 bridgehead atoms. The molecule has 1 aromatic carbocycles. The number of ketones is 1. The van der Waals surface area contributed by atoms with E-state index in [0.29, 0.717) is 12.2 Å². The smallest absolute Gasteiger partial charge is 0.220 e. The van der Waals surface area contributed by atoms with Gasteiger partial charge in [0, 0.05) is 18.8 Å². The Morgan fingerprint density at radius 2 is 1.95 bits per heavy atom. The van der Waals surface area contributed by atoms with E-state index in [-0.39, 0.29) is 11.8 Å². The van der Waals surface area contributed by atoms with Crippen molar-refractivity contribution in [1.82, 2.24) is 0 Å². The molecule has 120 valence electrons. The highest BCUT2D eigenvalue weighted by Crippen LogP contribution is 2.26. The van der Waals surface area contributed by atoms with Gasteiger partial charge in [0.05, 0.1) is 0 Å². The molecule has 0 heterocycles. The third kappa shape index (κ3) is 4.69. The number of rotatable bonds is 8.